The molecule has 1 atom stereocenters. The van der Waals surface area contributed by atoms with Gasteiger partial charge in [-0.3, -0.25) is 4.79 Å². The van der Waals surface area contributed by atoms with E-state index in [1.54, 1.807) is 11.3 Å². The molecule has 2 aromatic rings. The van der Waals surface area contributed by atoms with Crippen LogP contribution in [-0.2, 0) is 11.8 Å². The quantitative estimate of drug-likeness (QED) is 0.867. The first-order chi connectivity index (χ1) is 11.0. The molecule has 2 aromatic heterocycles. The van der Waals surface area contributed by atoms with Crippen LogP contribution in [0.2, 0.25) is 0 Å². The van der Waals surface area contributed by atoms with Crippen molar-refractivity contribution < 1.29 is 9.53 Å². The lowest BCUT2D eigenvalue weighted by Crippen LogP contribution is -2.42. The zero-order valence-corrected chi connectivity index (χ0v) is 14.9. The fourth-order valence-corrected chi connectivity index (χ4v) is 3.77. The minimum atomic E-state index is -0.158. The molecule has 3 rings (SSSR count). The van der Waals surface area contributed by atoms with Gasteiger partial charge in [-0.1, -0.05) is 13.8 Å². The molecule has 0 saturated carbocycles. The smallest absolute Gasteiger partial charge is 0.254 e. The zero-order chi connectivity index (χ0) is 16.6. The number of morpholine rings is 1. The van der Waals surface area contributed by atoms with Crippen LogP contribution in [-0.4, -0.2) is 40.1 Å². The van der Waals surface area contributed by atoms with Gasteiger partial charge in [0.2, 0.25) is 0 Å². The van der Waals surface area contributed by atoms with E-state index < -0.39 is 0 Å². The van der Waals surface area contributed by atoms with Crippen molar-refractivity contribution in [3.05, 3.63) is 39.6 Å². The highest BCUT2D eigenvalue weighted by Gasteiger charge is 2.29. The summed E-state index contributed by atoms with van der Waals surface area (Å²) in [4.78, 5) is 20.4. The normalized spacial score (nSPS) is 18.7. The number of nitrogens with zero attached hydrogens (tertiary/aromatic N) is 3. The Morgan fingerprint density at radius 1 is 1.48 bits per heavy atom. The SMILES string of the molecule is Cc1cn(C)c(C2CN(C(=O)c3csc(C(C)C)c3)CCO2)n1. The van der Waals surface area contributed by atoms with E-state index in [1.807, 2.05) is 41.1 Å². The number of aromatic nitrogens is 2. The predicted octanol–water partition coefficient (Wildman–Crippen LogP) is 3.13. The van der Waals surface area contributed by atoms with E-state index in [0.29, 0.717) is 25.6 Å². The Kier molecular flexibility index (Phi) is 4.55. The van der Waals surface area contributed by atoms with E-state index in [-0.39, 0.29) is 12.0 Å². The van der Waals surface area contributed by atoms with Gasteiger partial charge in [0.05, 0.1) is 24.4 Å². The molecule has 124 valence electrons. The molecule has 23 heavy (non-hydrogen) atoms. The van der Waals surface area contributed by atoms with Gasteiger partial charge in [0.15, 0.2) is 0 Å². The maximum Gasteiger partial charge on any atom is 0.254 e. The Morgan fingerprint density at radius 3 is 2.87 bits per heavy atom. The summed E-state index contributed by atoms with van der Waals surface area (Å²) in [6.45, 7) is 7.99. The second-order valence-corrected chi connectivity index (χ2v) is 7.30. The lowest BCUT2D eigenvalue weighted by atomic mass is 10.1. The van der Waals surface area contributed by atoms with Gasteiger partial charge in [-0.2, -0.15) is 0 Å². The van der Waals surface area contributed by atoms with Crippen LogP contribution >= 0.6 is 11.3 Å². The maximum absolute atomic E-state index is 12.8. The second kappa shape index (κ2) is 6.45. The van der Waals surface area contributed by atoms with Gasteiger partial charge in [-0.25, -0.2) is 4.98 Å². The maximum atomic E-state index is 12.8. The molecular weight excluding hydrogens is 310 g/mol. The first-order valence-electron chi connectivity index (χ1n) is 7.95. The van der Waals surface area contributed by atoms with Crippen molar-refractivity contribution in [3.8, 4) is 0 Å². The molecule has 1 aliphatic heterocycles. The van der Waals surface area contributed by atoms with Gasteiger partial charge < -0.3 is 14.2 Å². The fraction of sp³-hybridized carbons (Fsp3) is 0.529. The van der Waals surface area contributed by atoms with Crippen LogP contribution in [0.3, 0.4) is 0 Å². The van der Waals surface area contributed by atoms with Crippen molar-refractivity contribution in [1.29, 1.82) is 0 Å². The molecule has 0 aromatic carbocycles. The molecule has 0 N–H and O–H groups in total. The van der Waals surface area contributed by atoms with Crippen LogP contribution in [0.25, 0.3) is 0 Å². The number of thiophene rings is 1. The van der Waals surface area contributed by atoms with Crippen LogP contribution in [0.5, 0.6) is 0 Å². The molecule has 6 heteroatoms. The lowest BCUT2D eigenvalue weighted by Gasteiger charge is -2.32. The largest absolute Gasteiger partial charge is 0.367 e. The van der Waals surface area contributed by atoms with Crippen LogP contribution < -0.4 is 0 Å². The molecule has 1 saturated heterocycles. The highest BCUT2D eigenvalue weighted by molar-refractivity contribution is 7.10. The minimum absolute atomic E-state index is 0.0902. The third-order valence-electron chi connectivity index (χ3n) is 4.11. The number of ether oxygens (including phenoxy) is 1. The fourth-order valence-electron chi connectivity index (χ4n) is 2.87. The van der Waals surface area contributed by atoms with Gasteiger partial charge in [0.1, 0.15) is 11.9 Å². The molecule has 0 bridgehead atoms. The predicted molar refractivity (Wildman–Crippen MR) is 90.9 cm³/mol. The summed E-state index contributed by atoms with van der Waals surface area (Å²) >= 11 is 1.66. The summed E-state index contributed by atoms with van der Waals surface area (Å²) in [6.07, 6.45) is 1.82. The molecule has 0 spiro atoms. The lowest BCUT2D eigenvalue weighted by molar-refractivity contribution is -0.0279. The highest BCUT2D eigenvalue weighted by atomic mass is 32.1. The van der Waals surface area contributed by atoms with Crippen LogP contribution in [0, 0.1) is 6.92 Å². The molecule has 3 heterocycles. The average Bonchev–Trinajstić information content (AvgIpc) is 3.13. The van der Waals surface area contributed by atoms with Crippen molar-refractivity contribution in [1.82, 2.24) is 14.5 Å². The number of hydrogen-bond donors (Lipinski definition) is 0. The Morgan fingerprint density at radius 2 is 2.26 bits per heavy atom. The molecule has 1 aliphatic rings. The monoisotopic (exact) mass is 333 g/mol. The summed E-state index contributed by atoms with van der Waals surface area (Å²) in [5, 5.41) is 1.97. The Bertz CT molecular complexity index is 705. The number of amides is 1. The van der Waals surface area contributed by atoms with E-state index in [4.69, 9.17) is 4.74 Å². The molecule has 1 amide bonds. The van der Waals surface area contributed by atoms with E-state index >= 15 is 0 Å². The van der Waals surface area contributed by atoms with Crippen LogP contribution in [0.15, 0.2) is 17.6 Å². The number of carbonyl (C=O) groups excluding carboxylic acids is 1. The summed E-state index contributed by atoms with van der Waals surface area (Å²) in [5.41, 5.74) is 1.75. The number of carbonyl (C=O) groups is 1. The number of imidazole rings is 1. The third-order valence-corrected chi connectivity index (χ3v) is 5.34. The van der Waals surface area contributed by atoms with E-state index in [9.17, 15) is 4.79 Å². The first kappa shape index (κ1) is 16.2. The standard InChI is InChI=1S/C17H23N3O2S/c1-11(2)15-7-13(10-23-15)17(21)20-5-6-22-14(9-20)16-18-12(3)8-19(16)4/h7-8,10-11,14H,5-6,9H2,1-4H3. The first-order valence-corrected chi connectivity index (χ1v) is 8.83. The summed E-state index contributed by atoms with van der Waals surface area (Å²) in [7, 11) is 1.97. The second-order valence-electron chi connectivity index (χ2n) is 6.35. The van der Waals surface area contributed by atoms with Crippen LogP contribution in [0.4, 0.5) is 0 Å². The van der Waals surface area contributed by atoms with E-state index in [1.165, 1.54) is 4.88 Å². The number of aryl methyl sites for hydroxylation is 2. The molecule has 5 nitrogen and oxygen atoms in total. The van der Waals surface area contributed by atoms with Crippen molar-refractivity contribution in [2.24, 2.45) is 7.05 Å². The van der Waals surface area contributed by atoms with Gasteiger partial charge in [-0.05, 0) is 18.9 Å². The van der Waals surface area contributed by atoms with Crippen molar-refractivity contribution in [3.63, 3.8) is 0 Å². The summed E-state index contributed by atoms with van der Waals surface area (Å²) in [6, 6.07) is 2.02. The van der Waals surface area contributed by atoms with Gasteiger partial charge in [0.25, 0.3) is 5.91 Å². The molecule has 0 aliphatic carbocycles. The minimum Gasteiger partial charge on any atom is -0.367 e. The zero-order valence-electron chi connectivity index (χ0n) is 14.1. The molecule has 1 unspecified atom stereocenters. The summed E-state index contributed by atoms with van der Waals surface area (Å²) < 4.78 is 7.82. The molecule has 0 radical (unpaired) electrons. The van der Waals surface area contributed by atoms with Crippen molar-refractivity contribution in [2.75, 3.05) is 19.7 Å². The summed E-state index contributed by atoms with van der Waals surface area (Å²) in [5.74, 6) is 1.43. The van der Waals surface area contributed by atoms with Crippen LogP contribution in [0.1, 0.15) is 52.6 Å². The number of rotatable bonds is 3. The average molecular weight is 333 g/mol. The molecule has 1 fully saturated rings. The van der Waals surface area contributed by atoms with E-state index in [0.717, 1.165) is 17.1 Å². The Balaban J connectivity index is 1.75. The number of hydrogen-bond acceptors (Lipinski definition) is 4. The van der Waals surface area contributed by atoms with Gasteiger partial charge in [-0.15, -0.1) is 11.3 Å². The molecular formula is C17H23N3O2S. The topological polar surface area (TPSA) is 47.4 Å². The third kappa shape index (κ3) is 3.33. The van der Waals surface area contributed by atoms with E-state index in [2.05, 4.69) is 18.8 Å². The van der Waals surface area contributed by atoms with Crippen molar-refractivity contribution >= 4 is 17.2 Å². The highest BCUT2D eigenvalue weighted by Crippen LogP contribution is 2.26. The van der Waals surface area contributed by atoms with Gasteiger partial charge in [0, 0.05) is 30.0 Å². The van der Waals surface area contributed by atoms with Gasteiger partial charge >= 0.3 is 0 Å². The Hall–Kier alpha value is -1.66. The Labute approximate surface area is 140 Å². The van der Waals surface area contributed by atoms with Crippen molar-refractivity contribution in [2.45, 2.75) is 32.8 Å².